The molecule has 0 unspecified atom stereocenters. The summed E-state index contributed by atoms with van der Waals surface area (Å²) in [5.74, 6) is -0.251. The Bertz CT molecular complexity index is 871. The topological polar surface area (TPSA) is 41.1 Å². The zero-order chi connectivity index (χ0) is 18.2. The fourth-order valence-corrected chi connectivity index (χ4v) is 3.38. The zero-order valence-corrected chi connectivity index (χ0v) is 14.9. The van der Waals surface area contributed by atoms with Crippen LogP contribution in [-0.2, 0) is 6.42 Å². The van der Waals surface area contributed by atoms with E-state index in [4.69, 9.17) is 0 Å². The van der Waals surface area contributed by atoms with Gasteiger partial charge in [0.05, 0.1) is 5.69 Å². The first-order chi connectivity index (χ1) is 12.7. The number of hydrogen-bond acceptors (Lipinski definition) is 2. The molecule has 0 fully saturated rings. The summed E-state index contributed by atoms with van der Waals surface area (Å²) in [6, 6.07) is 23.9. The summed E-state index contributed by atoms with van der Waals surface area (Å²) < 4.78 is 13.6. The normalized spacial score (nSPS) is 10.3. The number of benzene rings is 3. The third-order valence-electron chi connectivity index (χ3n) is 3.74. The lowest BCUT2D eigenvalue weighted by atomic mass is 10.1. The predicted octanol–water partition coefficient (Wildman–Crippen LogP) is 5.34. The number of halogens is 1. The van der Waals surface area contributed by atoms with Gasteiger partial charge < -0.3 is 10.6 Å². The largest absolute Gasteiger partial charge is 0.338 e. The van der Waals surface area contributed by atoms with Crippen molar-refractivity contribution in [1.29, 1.82) is 0 Å². The molecule has 3 aromatic carbocycles. The lowest BCUT2D eigenvalue weighted by Crippen LogP contribution is -2.30. The van der Waals surface area contributed by atoms with Crippen molar-refractivity contribution in [3.8, 4) is 0 Å². The van der Waals surface area contributed by atoms with Crippen molar-refractivity contribution >= 4 is 23.5 Å². The van der Waals surface area contributed by atoms with Crippen LogP contribution in [0.25, 0.3) is 0 Å². The van der Waals surface area contributed by atoms with Crippen LogP contribution >= 0.6 is 11.8 Å². The van der Waals surface area contributed by atoms with Crippen molar-refractivity contribution in [2.75, 3.05) is 11.9 Å². The number of hydrogen-bond donors (Lipinski definition) is 2. The van der Waals surface area contributed by atoms with Gasteiger partial charge in [0.25, 0.3) is 0 Å². The first kappa shape index (κ1) is 18.0. The van der Waals surface area contributed by atoms with Gasteiger partial charge in [-0.3, -0.25) is 0 Å². The number of carbonyl (C=O) groups is 1. The zero-order valence-electron chi connectivity index (χ0n) is 14.1. The minimum Gasteiger partial charge on any atom is -0.338 e. The van der Waals surface area contributed by atoms with Crippen LogP contribution in [0.2, 0.25) is 0 Å². The Labute approximate surface area is 156 Å². The van der Waals surface area contributed by atoms with Crippen LogP contribution in [0, 0.1) is 5.82 Å². The standard InChI is InChI=1S/C21H19FN2OS/c22-18-11-5-4-8-16(18)14-15-23-21(25)24-19-12-6-7-13-20(19)26-17-9-2-1-3-10-17/h1-13H,14-15H2,(H2,23,24,25). The molecule has 0 bridgehead atoms. The minimum atomic E-state index is -0.303. The quantitative estimate of drug-likeness (QED) is 0.618. The van der Waals surface area contributed by atoms with Crippen molar-refractivity contribution in [3.05, 3.63) is 90.2 Å². The van der Waals surface area contributed by atoms with Crippen LogP contribution in [0.4, 0.5) is 14.9 Å². The van der Waals surface area contributed by atoms with Crippen molar-refractivity contribution in [3.63, 3.8) is 0 Å². The molecular weight excluding hydrogens is 347 g/mol. The van der Waals surface area contributed by atoms with E-state index in [9.17, 15) is 9.18 Å². The third-order valence-corrected chi connectivity index (χ3v) is 4.83. The van der Waals surface area contributed by atoms with Gasteiger partial charge in [0, 0.05) is 16.3 Å². The number of carbonyl (C=O) groups excluding carboxylic acids is 1. The van der Waals surface area contributed by atoms with Gasteiger partial charge in [0.15, 0.2) is 0 Å². The first-order valence-electron chi connectivity index (χ1n) is 8.32. The molecular formula is C21H19FN2OS. The Kier molecular flexibility index (Phi) is 6.28. The molecule has 2 N–H and O–H groups in total. The molecule has 0 saturated carbocycles. The summed E-state index contributed by atoms with van der Waals surface area (Å²) in [6.07, 6.45) is 0.445. The molecule has 0 aromatic heterocycles. The molecule has 0 aliphatic heterocycles. The van der Waals surface area contributed by atoms with E-state index in [0.717, 1.165) is 15.5 Å². The third kappa shape index (κ3) is 5.10. The van der Waals surface area contributed by atoms with Gasteiger partial charge in [-0.25, -0.2) is 9.18 Å². The Hall–Kier alpha value is -2.79. The summed E-state index contributed by atoms with van der Waals surface area (Å²) in [4.78, 5) is 14.2. The fraction of sp³-hybridized carbons (Fsp3) is 0.0952. The number of nitrogens with one attached hydrogen (secondary N) is 2. The lowest BCUT2D eigenvalue weighted by Gasteiger charge is -2.12. The number of amides is 2. The Morgan fingerprint density at radius 1 is 0.885 bits per heavy atom. The fourth-order valence-electron chi connectivity index (χ4n) is 2.45. The SMILES string of the molecule is O=C(NCCc1ccccc1F)Nc1ccccc1Sc1ccccc1. The molecule has 26 heavy (non-hydrogen) atoms. The predicted molar refractivity (Wildman–Crippen MR) is 104 cm³/mol. The van der Waals surface area contributed by atoms with E-state index in [0.29, 0.717) is 18.5 Å². The van der Waals surface area contributed by atoms with E-state index < -0.39 is 0 Å². The molecule has 0 aliphatic carbocycles. The van der Waals surface area contributed by atoms with Crippen LogP contribution in [0.15, 0.2) is 88.7 Å². The van der Waals surface area contributed by atoms with Gasteiger partial charge in [-0.2, -0.15) is 0 Å². The average Bonchev–Trinajstić information content (AvgIpc) is 2.66. The lowest BCUT2D eigenvalue weighted by molar-refractivity contribution is 0.252. The van der Waals surface area contributed by atoms with Crippen molar-refractivity contribution in [2.45, 2.75) is 16.2 Å². The second-order valence-corrected chi connectivity index (χ2v) is 6.75. The first-order valence-corrected chi connectivity index (χ1v) is 9.14. The monoisotopic (exact) mass is 366 g/mol. The van der Waals surface area contributed by atoms with E-state index in [1.165, 1.54) is 6.07 Å². The molecule has 0 atom stereocenters. The number of rotatable bonds is 6. The van der Waals surface area contributed by atoms with Gasteiger partial charge in [-0.15, -0.1) is 0 Å². The molecule has 132 valence electrons. The van der Waals surface area contributed by atoms with Gasteiger partial charge in [0.1, 0.15) is 5.82 Å². The summed E-state index contributed by atoms with van der Waals surface area (Å²) >= 11 is 1.59. The van der Waals surface area contributed by atoms with Gasteiger partial charge in [-0.05, 0) is 42.3 Å². The maximum atomic E-state index is 13.6. The van der Waals surface area contributed by atoms with Crippen LogP contribution in [-0.4, -0.2) is 12.6 Å². The van der Waals surface area contributed by atoms with Crippen molar-refractivity contribution in [1.82, 2.24) is 5.32 Å². The van der Waals surface area contributed by atoms with E-state index in [-0.39, 0.29) is 11.8 Å². The minimum absolute atomic E-state index is 0.251. The highest BCUT2D eigenvalue weighted by molar-refractivity contribution is 7.99. The molecule has 3 rings (SSSR count). The van der Waals surface area contributed by atoms with Gasteiger partial charge in [-0.1, -0.05) is 60.3 Å². The summed E-state index contributed by atoms with van der Waals surface area (Å²) in [5.41, 5.74) is 1.33. The summed E-state index contributed by atoms with van der Waals surface area (Å²) in [6.45, 7) is 0.362. The molecule has 5 heteroatoms. The van der Waals surface area contributed by atoms with E-state index >= 15 is 0 Å². The Morgan fingerprint density at radius 2 is 1.58 bits per heavy atom. The second-order valence-electron chi connectivity index (χ2n) is 5.63. The molecule has 0 radical (unpaired) electrons. The summed E-state index contributed by atoms with van der Waals surface area (Å²) in [5, 5.41) is 5.64. The highest BCUT2D eigenvalue weighted by atomic mass is 32.2. The van der Waals surface area contributed by atoms with Gasteiger partial charge in [0.2, 0.25) is 0 Å². The second kappa shape index (κ2) is 9.06. The molecule has 2 amide bonds. The smallest absolute Gasteiger partial charge is 0.319 e. The average molecular weight is 366 g/mol. The number of anilines is 1. The molecule has 0 heterocycles. The van der Waals surface area contributed by atoms with Gasteiger partial charge >= 0.3 is 6.03 Å². The Balaban J connectivity index is 1.57. The molecule has 3 aromatic rings. The highest BCUT2D eigenvalue weighted by Crippen LogP contribution is 2.33. The summed E-state index contributed by atoms with van der Waals surface area (Å²) in [7, 11) is 0. The van der Waals surface area contributed by atoms with Crippen molar-refractivity contribution < 1.29 is 9.18 Å². The number of urea groups is 1. The van der Waals surface area contributed by atoms with Crippen molar-refractivity contribution in [2.24, 2.45) is 0 Å². The molecule has 0 saturated heterocycles. The van der Waals surface area contributed by atoms with E-state index in [2.05, 4.69) is 10.6 Å². The maximum Gasteiger partial charge on any atom is 0.319 e. The highest BCUT2D eigenvalue weighted by Gasteiger charge is 2.08. The van der Waals surface area contributed by atoms with E-state index in [1.54, 1.807) is 30.0 Å². The Morgan fingerprint density at radius 3 is 2.38 bits per heavy atom. The molecule has 3 nitrogen and oxygen atoms in total. The van der Waals surface area contributed by atoms with E-state index in [1.807, 2.05) is 54.6 Å². The van der Waals surface area contributed by atoms with Crippen LogP contribution in [0.1, 0.15) is 5.56 Å². The van der Waals surface area contributed by atoms with Crippen LogP contribution in [0.3, 0.4) is 0 Å². The molecule has 0 spiro atoms. The number of para-hydroxylation sites is 1. The maximum absolute atomic E-state index is 13.6. The van der Waals surface area contributed by atoms with Crippen LogP contribution in [0.5, 0.6) is 0 Å². The van der Waals surface area contributed by atoms with Crippen LogP contribution < -0.4 is 10.6 Å². The molecule has 0 aliphatic rings.